The van der Waals surface area contributed by atoms with E-state index in [0.29, 0.717) is 23.7 Å². The zero-order valence-corrected chi connectivity index (χ0v) is 16.1. The molecule has 7 heteroatoms. The number of pyridine rings is 1. The second-order valence-corrected chi connectivity index (χ2v) is 7.29. The lowest BCUT2D eigenvalue weighted by Gasteiger charge is -2.15. The van der Waals surface area contributed by atoms with E-state index in [4.69, 9.17) is 16.3 Å². The van der Waals surface area contributed by atoms with Gasteiger partial charge < -0.3 is 9.64 Å². The monoisotopic (exact) mass is 396 g/mol. The molecule has 0 radical (unpaired) electrons. The summed E-state index contributed by atoms with van der Waals surface area (Å²) >= 11 is 5.96. The number of halogens is 1. The molecular weight excluding hydrogens is 376 g/mol. The van der Waals surface area contributed by atoms with Crippen LogP contribution in [0.25, 0.3) is 0 Å². The van der Waals surface area contributed by atoms with Gasteiger partial charge in [-0.2, -0.15) is 5.10 Å². The van der Waals surface area contributed by atoms with E-state index in [9.17, 15) is 4.79 Å². The Labute approximate surface area is 168 Å². The number of hydrogen-bond acceptors (Lipinski definition) is 4. The lowest BCUT2D eigenvalue weighted by atomic mass is 10.0. The van der Waals surface area contributed by atoms with Crippen molar-refractivity contribution in [3.63, 3.8) is 0 Å². The number of hydrogen-bond donors (Lipinski definition) is 1. The smallest absolute Gasteiger partial charge is 0.255 e. The number of H-pyrrole nitrogens is 1. The number of nitrogens with zero attached hydrogens (tertiary/aromatic N) is 3. The zero-order valence-electron chi connectivity index (χ0n) is 15.3. The number of aromatic nitrogens is 3. The van der Waals surface area contributed by atoms with Gasteiger partial charge in [0.05, 0.1) is 17.9 Å². The number of benzene rings is 1. The number of amides is 1. The van der Waals surface area contributed by atoms with Crippen molar-refractivity contribution in [2.75, 3.05) is 19.7 Å². The van der Waals surface area contributed by atoms with Crippen LogP contribution in [0.1, 0.15) is 34.1 Å². The molecule has 0 aliphatic carbocycles. The largest absolute Gasteiger partial charge is 0.493 e. The van der Waals surface area contributed by atoms with E-state index in [2.05, 4.69) is 21.2 Å². The number of rotatable bonds is 6. The number of likely N-dealkylation sites (tertiary alicyclic amines) is 1. The predicted molar refractivity (Wildman–Crippen MR) is 107 cm³/mol. The molecule has 1 aliphatic rings. The normalized spacial score (nSPS) is 16.3. The first kappa shape index (κ1) is 18.5. The highest BCUT2D eigenvalue weighted by Crippen LogP contribution is 2.27. The van der Waals surface area contributed by atoms with Crippen molar-refractivity contribution in [3.8, 4) is 5.75 Å². The van der Waals surface area contributed by atoms with Crippen molar-refractivity contribution in [2.45, 2.75) is 18.8 Å². The summed E-state index contributed by atoms with van der Waals surface area (Å²) in [6.07, 6.45) is 4.92. The fraction of sp³-hybridized carbons (Fsp3) is 0.286. The van der Waals surface area contributed by atoms with Crippen LogP contribution in [-0.4, -0.2) is 45.7 Å². The summed E-state index contributed by atoms with van der Waals surface area (Å²) in [5.41, 5.74) is 2.65. The van der Waals surface area contributed by atoms with E-state index < -0.39 is 0 Å². The summed E-state index contributed by atoms with van der Waals surface area (Å²) in [5.74, 6) is 1.04. The first-order chi connectivity index (χ1) is 13.7. The molecule has 3 heterocycles. The van der Waals surface area contributed by atoms with Crippen LogP contribution in [0, 0.1) is 0 Å². The molecule has 28 heavy (non-hydrogen) atoms. The molecule has 3 aromatic rings. The maximum Gasteiger partial charge on any atom is 0.255 e. The Morgan fingerprint density at radius 2 is 2.21 bits per heavy atom. The van der Waals surface area contributed by atoms with Crippen LogP contribution in [0.2, 0.25) is 5.02 Å². The summed E-state index contributed by atoms with van der Waals surface area (Å²) < 4.78 is 5.73. The minimum Gasteiger partial charge on any atom is -0.493 e. The highest BCUT2D eigenvalue weighted by atomic mass is 35.5. The molecule has 1 saturated heterocycles. The average Bonchev–Trinajstić information content (AvgIpc) is 3.38. The molecule has 1 aliphatic heterocycles. The first-order valence-corrected chi connectivity index (χ1v) is 9.69. The number of nitrogens with one attached hydrogen (secondary N) is 1. The lowest BCUT2D eigenvalue weighted by Crippen LogP contribution is -2.28. The zero-order chi connectivity index (χ0) is 19.3. The van der Waals surface area contributed by atoms with Gasteiger partial charge in [-0.15, -0.1) is 0 Å². The standard InChI is InChI=1S/C21H21ClN4O2/c22-17-4-1-5-19(11-17)28-10-7-18-12-20(25-24-18)16-6-9-26(14-16)21(27)15-3-2-8-23-13-15/h1-5,8,11-13,16H,6-7,9-10,14H2,(H,24,25)/t16-/m1/s1. The molecule has 0 spiro atoms. The topological polar surface area (TPSA) is 71.1 Å². The fourth-order valence-electron chi connectivity index (χ4n) is 3.41. The summed E-state index contributed by atoms with van der Waals surface area (Å²) in [6.45, 7) is 1.95. The molecule has 0 bridgehead atoms. The van der Waals surface area contributed by atoms with Crippen molar-refractivity contribution < 1.29 is 9.53 Å². The highest BCUT2D eigenvalue weighted by Gasteiger charge is 2.29. The Balaban J connectivity index is 1.30. The molecule has 2 aromatic heterocycles. The average molecular weight is 397 g/mol. The molecule has 1 aromatic carbocycles. The maximum absolute atomic E-state index is 12.6. The number of carbonyl (C=O) groups is 1. The van der Waals surface area contributed by atoms with Gasteiger partial charge in [-0.1, -0.05) is 17.7 Å². The van der Waals surface area contributed by atoms with Gasteiger partial charge in [-0.25, -0.2) is 0 Å². The van der Waals surface area contributed by atoms with Crippen molar-refractivity contribution in [3.05, 3.63) is 76.8 Å². The number of carbonyl (C=O) groups excluding carboxylic acids is 1. The van der Waals surface area contributed by atoms with E-state index >= 15 is 0 Å². The van der Waals surface area contributed by atoms with E-state index in [0.717, 1.165) is 36.5 Å². The van der Waals surface area contributed by atoms with Crippen LogP contribution in [0.3, 0.4) is 0 Å². The summed E-state index contributed by atoms with van der Waals surface area (Å²) in [5, 5.41) is 8.20. The van der Waals surface area contributed by atoms with Crippen LogP contribution < -0.4 is 4.74 Å². The third-order valence-electron chi connectivity index (χ3n) is 4.89. The molecule has 1 amide bonds. The minimum absolute atomic E-state index is 0.0290. The first-order valence-electron chi connectivity index (χ1n) is 9.31. The second kappa shape index (κ2) is 8.44. The number of ether oxygens (including phenoxy) is 1. The van der Waals surface area contributed by atoms with Gasteiger partial charge in [-0.3, -0.25) is 14.9 Å². The molecule has 1 N–H and O–H groups in total. The SMILES string of the molecule is O=C(c1cccnc1)N1CC[C@@H](c2cc(CCOc3cccc(Cl)c3)[nH]n2)C1. The van der Waals surface area contributed by atoms with E-state index in [1.165, 1.54) is 0 Å². The van der Waals surface area contributed by atoms with Crippen LogP contribution in [0.15, 0.2) is 54.9 Å². The predicted octanol–water partition coefficient (Wildman–Crippen LogP) is 3.71. The quantitative estimate of drug-likeness (QED) is 0.689. The summed E-state index contributed by atoms with van der Waals surface area (Å²) in [6, 6.07) is 13.0. The molecule has 1 atom stereocenters. The highest BCUT2D eigenvalue weighted by molar-refractivity contribution is 6.30. The van der Waals surface area contributed by atoms with Crippen molar-refractivity contribution in [1.82, 2.24) is 20.1 Å². The van der Waals surface area contributed by atoms with Gasteiger partial charge in [0, 0.05) is 48.5 Å². The Morgan fingerprint density at radius 3 is 3.04 bits per heavy atom. The Bertz CT molecular complexity index is 944. The van der Waals surface area contributed by atoms with Crippen LogP contribution in [-0.2, 0) is 6.42 Å². The van der Waals surface area contributed by atoms with Gasteiger partial charge in [0.25, 0.3) is 5.91 Å². The van der Waals surface area contributed by atoms with Crippen molar-refractivity contribution in [2.24, 2.45) is 0 Å². The summed E-state index contributed by atoms with van der Waals surface area (Å²) in [7, 11) is 0. The van der Waals surface area contributed by atoms with Gasteiger partial charge in [0.15, 0.2) is 0 Å². The summed E-state index contributed by atoms with van der Waals surface area (Å²) in [4.78, 5) is 18.5. The van der Waals surface area contributed by atoms with Crippen molar-refractivity contribution in [1.29, 1.82) is 0 Å². The molecular formula is C21H21ClN4O2. The third-order valence-corrected chi connectivity index (χ3v) is 5.12. The third kappa shape index (κ3) is 4.34. The van der Waals surface area contributed by atoms with Gasteiger partial charge in [0.2, 0.25) is 0 Å². The fourth-order valence-corrected chi connectivity index (χ4v) is 3.59. The van der Waals surface area contributed by atoms with Gasteiger partial charge in [-0.05, 0) is 42.8 Å². The van der Waals surface area contributed by atoms with E-state index in [-0.39, 0.29) is 11.8 Å². The molecule has 6 nitrogen and oxygen atoms in total. The van der Waals surface area contributed by atoms with Crippen LogP contribution in [0.5, 0.6) is 5.75 Å². The van der Waals surface area contributed by atoms with Crippen LogP contribution in [0.4, 0.5) is 0 Å². The Morgan fingerprint density at radius 1 is 1.29 bits per heavy atom. The molecule has 0 unspecified atom stereocenters. The number of aromatic amines is 1. The molecule has 4 rings (SSSR count). The minimum atomic E-state index is 0.0290. The van der Waals surface area contributed by atoms with E-state index in [1.807, 2.05) is 23.1 Å². The van der Waals surface area contributed by atoms with Gasteiger partial charge >= 0.3 is 0 Å². The second-order valence-electron chi connectivity index (χ2n) is 6.85. The van der Waals surface area contributed by atoms with E-state index in [1.54, 1.807) is 30.6 Å². The molecule has 0 saturated carbocycles. The molecule has 144 valence electrons. The maximum atomic E-state index is 12.6. The van der Waals surface area contributed by atoms with Gasteiger partial charge in [0.1, 0.15) is 5.75 Å². The molecule has 1 fully saturated rings. The lowest BCUT2D eigenvalue weighted by molar-refractivity contribution is 0.0790. The Hall–Kier alpha value is -2.86. The Kier molecular flexibility index (Phi) is 5.58. The van der Waals surface area contributed by atoms with Crippen LogP contribution >= 0.6 is 11.6 Å². The van der Waals surface area contributed by atoms with Crippen molar-refractivity contribution >= 4 is 17.5 Å².